The summed E-state index contributed by atoms with van der Waals surface area (Å²) in [5.41, 5.74) is 5.94. The molecule has 90 valence electrons. The van der Waals surface area contributed by atoms with Crippen LogP contribution in [0.25, 0.3) is 11.4 Å². The largest absolute Gasteiger partial charge is 0.383 e. The molecule has 1 aromatic heterocycles. The number of rotatable bonds is 4. The van der Waals surface area contributed by atoms with Gasteiger partial charge in [-0.3, -0.25) is 0 Å². The van der Waals surface area contributed by atoms with Gasteiger partial charge in [0, 0.05) is 5.56 Å². The molecule has 6 heteroatoms. The van der Waals surface area contributed by atoms with Crippen LogP contribution in [0, 0.1) is 5.82 Å². The molecule has 1 heterocycles. The molecule has 0 fully saturated rings. The highest BCUT2D eigenvalue weighted by Gasteiger charge is 2.15. The van der Waals surface area contributed by atoms with Crippen LogP contribution in [-0.2, 0) is 0 Å². The topological polar surface area (TPSA) is 85.2 Å². The zero-order chi connectivity index (χ0) is 12.3. The minimum atomic E-state index is -0.860. The van der Waals surface area contributed by atoms with E-state index in [1.54, 1.807) is 12.1 Å². The van der Waals surface area contributed by atoms with E-state index < -0.39 is 6.10 Å². The Hall–Kier alpha value is -1.79. The number of nitrogens with two attached hydrogens (primary N) is 1. The Balaban J connectivity index is 2.20. The molecule has 17 heavy (non-hydrogen) atoms. The number of halogens is 1. The van der Waals surface area contributed by atoms with Crippen molar-refractivity contribution in [3.63, 3.8) is 0 Å². The summed E-state index contributed by atoms with van der Waals surface area (Å²) in [4.78, 5) is 4.02. The van der Waals surface area contributed by atoms with Crippen LogP contribution in [0.4, 0.5) is 4.39 Å². The van der Waals surface area contributed by atoms with Gasteiger partial charge in [0.2, 0.25) is 5.82 Å². The number of aromatic nitrogens is 2. The summed E-state index contributed by atoms with van der Waals surface area (Å²) < 4.78 is 17.6. The highest BCUT2D eigenvalue weighted by molar-refractivity contribution is 5.53. The van der Waals surface area contributed by atoms with Crippen molar-refractivity contribution >= 4 is 0 Å². The molecule has 5 nitrogen and oxygen atoms in total. The maximum absolute atomic E-state index is 12.7. The van der Waals surface area contributed by atoms with Gasteiger partial charge in [0.15, 0.2) is 0 Å². The fraction of sp³-hybridized carbons (Fsp3) is 0.273. The third kappa shape index (κ3) is 2.66. The smallest absolute Gasteiger partial charge is 0.255 e. The molecule has 0 saturated heterocycles. The molecule has 2 rings (SSSR count). The maximum Gasteiger partial charge on any atom is 0.255 e. The van der Waals surface area contributed by atoms with E-state index in [9.17, 15) is 9.50 Å². The molecule has 2 aromatic rings. The van der Waals surface area contributed by atoms with Gasteiger partial charge >= 0.3 is 0 Å². The molecule has 0 spiro atoms. The predicted molar refractivity (Wildman–Crippen MR) is 58.3 cm³/mol. The lowest BCUT2D eigenvalue weighted by molar-refractivity contribution is 0.127. The molecule has 0 radical (unpaired) electrons. The highest BCUT2D eigenvalue weighted by Crippen LogP contribution is 2.20. The second-order valence-electron chi connectivity index (χ2n) is 3.56. The zero-order valence-electron chi connectivity index (χ0n) is 9.01. The molecule has 0 aliphatic carbocycles. The van der Waals surface area contributed by atoms with Crippen molar-refractivity contribution in [2.45, 2.75) is 12.5 Å². The number of nitrogens with zero attached hydrogens (tertiary/aromatic N) is 2. The first-order valence-electron chi connectivity index (χ1n) is 5.18. The summed E-state index contributed by atoms with van der Waals surface area (Å²) in [6.45, 7) is 0.329. The average Bonchev–Trinajstić information content (AvgIpc) is 2.80. The van der Waals surface area contributed by atoms with Gasteiger partial charge in [-0.1, -0.05) is 5.16 Å². The summed E-state index contributed by atoms with van der Waals surface area (Å²) in [6, 6.07) is 5.70. The monoisotopic (exact) mass is 237 g/mol. The molecule has 0 aliphatic heterocycles. The van der Waals surface area contributed by atoms with Gasteiger partial charge in [-0.05, 0) is 37.2 Å². The van der Waals surface area contributed by atoms with E-state index in [1.165, 1.54) is 12.1 Å². The van der Waals surface area contributed by atoms with Crippen LogP contribution in [0.1, 0.15) is 18.4 Å². The van der Waals surface area contributed by atoms with Gasteiger partial charge in [-0.2, -0.15) is 4.98 Å². The number of aliphatic hydroxyl groups is 1. The summed E-state index contributed by atoms with van der Waals surface area (Å²) >= 11 is 0. The van der Waals surface area contributed by atoms with Gasteiger partial charge in [-0.25, -0.2) is 4.39 Å². The second kappa shape index (κ2) is 5.03. The first-order chi connectivity index (χ1) is 8.20. The summed E-state index contributed by atoms with van der Waals surface area (Å²) in [5.74, 6) is 0.103. The van der Waals surface area contributed by atoms with Crippen molar-refractivity contribution in [3.8, 4) is 11.4 Å². The fourth-order valence-electron chi connectivity index (χ4n) is 1.37. The van der Waals surface area contributed by atoms with E-state index in [-0.39, 0.29) is 11.7 Å². The van der Waals surface area contributed by atoms with Gasteiger partial charge in [-0.15, -0.1) is 0 Å². The number of hydrogen-bond acceptors (Lipinski definition) is 5. The Labute approximate surface area is 97.1 Å². The summed E-state index contributed by atoms with van der Waals surface area (Å²) in [7, 11) is 0. The second-order valence-corrected chi connectivity index (χ2v) is 3.56. The molecule has 0 aliphatic rings. The third-order valence-corrected chi connectivity index (χ3v) is 2.27. The lowest BCUT2D eigenvalue weighted by Crippen LogP contribution is -2.06. The molecular weight excluding hydrogens is 225 g/mol. The molecular formula is C11H12FN3O2. The van der Waals surface area contributed by atoms with Crippen LogP contribution in [0.15, 0.2) is 28.8 Å². The van der Waals surface area contributed by atoms with Crippen molar-refractivity contribution in [2.24, 2.45) is 5.73 Å². The first kappa shape index (κ1) is 11.7. The lowest BCUT2D eigenvalue weighted by atomic mass is 10.2. The van der Waals surface area contributed by atoms with E-state index in [0.717, 1.165) is 0 Å². The molecule has 1 atom stereocenters. The van der Waals surface area contributed by atoms with E-state index in [4.69, 9.17) is 10.3 Å². The normalized spacial score (nSPS) is 12.6. The Kier molecular flexibility index (Phi) is 3.46. The highest BCUT2D eigenvalue weighted by atomic mass is 19.1. The fourth-order valence-corrected chi connectivity index (χ4v) is 1.37. The first-order valence-corrected chi connectivity index (χ1v) is 5.18. The van der Waals surface area contributed by atoms with Crippen LogP contribution in [0.2, 0.25) is 0 Å². The molecule has 1 aromatic carbocycles. The molecule has 0 bridgehead atoms. The van der Waals surface area contributed by atoms with Crippen molar-refractivity contribution in [3.05, 3.63) is 36.0 Å². The number of benzene rings is 1. The van der Waals surface area contributed by atoms with E-state index >= 15 is 0 Å². The van der Waals surface area contributed by atoms with Crippen LogP contribution >= 0.6 is 0 Å². The van der Waals surface area contributed by atoms with Crippen molar-refractivity contribution in [2.75, 3.05) is 6.54 Å². The Morgan fingerprint density at radius 2 is 2.06 bits per heavy atom. The quantitative estimate of drug-likeness (QED) is 0.836. The van der Waals surface area contributed by atoms with Crippen LogP contribution in [-0.4, -0.2) is 21.8 Å². The van der Waals surface area contributed by atoms with Crippen molar-refractivity contribution < 1.29 is 14.0 Å². The molecule has 0 unspecified atom stereocenters. The molecule has 0 amide bonds. The predicted octanol–water partition coefficient (Wildman–Crippen LogP) is 1.26. The SMILES string of the molecule is NCC[C@H](O)c1nc(-c2ccc(F)cc2)no1. The Bertz CT molecular complexity index is 484. The van der Waals surface area contributed by atoms with E-state index in [2.05, 4.69) is 10.1 Å². The molecule has 3 N–H and O–H groups in total. The Morgan fingerprint density at radius 3 is 2.71 bits per heavy atom. The average molecular weight is 237 g/mol. The van der Waals surface area contributed by atoms with Gasteiger partial charge in [0.05, 0.1) is 0 Å². The van der Waals surface area contributed by atoms with E-state index in [1.807, 2.05) is 0 Å². The zero-order valence-corrected chi connectivity index (χ0v) is 9.01. The van der Waals surface area contributed by atoms with Gasteiger partial charge in [0.25, 0.3) is 5.89 Å². The lowest BCUT2D eigenvalue weighted by Gasteiger charge is -2.00. The van der Waals surface area contributed by atoms with E-state index in [0.29, 0.717) is 24.4 Å². The van der Waals surface area contributed by atoms with Crippen molar-refractivity contribution in [1.29, 1.82) is 0 Å². The summed E-state index contributed by atoms with van der Waals surface area (Å²) in [5, 5.41) is 13.3. The van der Waals surface area contributed by atoms with Gasteiger partial charge < -0.3 is 15.4 Å². The molecule has 0 saturated carbocycles. The van der Waals surface area contributed by atoms with Crippen LogP contribution < -0.4 is 5.73 Å². The van der Waals surface area contributed by atoms with Crippen molar-refractivity contribution in [1.82, 2.24) is 10.1 Å². The minimum Gasteiger partial charge on any atom is -0.383 e. The standard InChI is InChI=1S/C11H12FN3O2/c12-8-3-1-7(2-4-8)10-14-11(17-15-10)9(16)5-6-13/h1-4,9,16H,5-6,13H2/t9-/m0/s1. The summed E-state index contributed by atoms with van der Waals surface area (Å²) in [6.07, 6.45) is -0.507. The maximum atomic E-state index is 12.7. The third-order valence-electron chi connectivity index (χ3n) is 2.27. The number of aliphatic hydroxyl groups excluding tert-OH is 1. The van der Waals surface area contributed by atoms with Crippen LogP contribution in [0.5, 0.6) is 0 Å². The number of hydrogen-bond donors (Lipinski definition) is 2. The Morgan fingerprint density at radius 1 is 1.35 bits per heavy atom. The minimum absolute atomic E-state index is 0.120. The van der Waals surface area contributed by atoms with Gasteiger partial charge in [0.1, 0.15) is 11.9 Å². The van der Waals surface area contributed by atoms with Crippen LogP contribution in [0.3, 0.4) is 0 Å².